The third-order valence-electron chi connectivity index (χ3n) is 4.03. The summed E-state index contributed by atoms with van der Waals surface area (Å²) in [5, 5.41) is 21.4. The lowest BCUT2D eigenvalue weighted by atomic mass is 10.1. The molecule has 2 unspecified atom stereocenters. The van der Waals surface area contributed by atoms with Crippen LogP contribution in [0.5, 0.6) is 17.2 Å². The molecule has 0 spiro atoms. The zero-order chi connectivity index (χ0) is 24.1. The number of carboxylic acid groups (broad SMARTS) is 1. The fourth-order valence-corrected chi connectivity index (χ4v) is 3.89. The molecule has 0 amide bonds. The van der Waals surface area contributed by atoms with Crippen LogP contribution in [0.4, 0.5) is 13.2 Å². The first-order valence-electron chi connectivity index (χ1n) is 9.00. The molecule has 14 heteroatoms. The number of aromatic hydroxyl groups is 1. The van der Waals surface area contributed by atoms with Crippen molar-refractivity contribution >= 4 is 13.7 Å². The van der Waals surface area contributed by atoms with Gasteiger partial charge in [0, 0.05) is 23.9 Å². The maximum Gasteiger partial charge on any atom is 0.573 e. The van der Waals surface area contributed by atoms with Gasteiger partial charge in [-0.3, -0.25) is 14.3 Å². The van der Waals surface area contributed by atoms with Crippen molar-refractivity contribution in [3.8, 4) is 17.2 Å². The Hall–Kier alpha value is -2.86. The lowest BCUT2D eigenvalue weighted by Gasteiger charge is -2.22. The van der Waals surface area contributed by atoms with Crippen molar-refractivity contribution in [3.05, 3.63) is 47.3 Å². The van der Waals surface area contributed by atoms with E-state index in [1.807, 2.05) is 0 Å². The number of aryl methyl sites for hydroxylation is 1. The van der Waals surface area contributed by atoms with E-state index in [0.29, 0.717) is 5.69 Å². The lowest BCUT2D eigenvalue weighted by molar-refractivity contribution is -0.274. The topological polar surface area (TPSA) is 153 Å². The third kappa shape index (κ3) is 7.09. The van der Waals surface area contributed by atoms with Crippen LogP contribution in [0.3, 0.4) is 0 Å². The number of halogens is 3. The largest absolute Gasteiger partial charge is 0.573 e. The van der Waals surface area contributed by atoms with Crippen molar-refractivity contribution in [2.24, 2.45) is 5.73 Å². The highest BCUT2D eigenvalue weighted by molar-refractivity contribution is 7.52. The summed E-state index contributed by atoms with van der Waals surface area (Å²) in [7, 11) is -4.37. The van der Waals surface area contributed by atoms with Gasteiger partial charge in [-0.2, -0.15) is 5.09 Å². The van der Waals surface area contributed by atoms with Gasteiger partial charge in [-0.15, -0.1) is 13.2 Å². The number of nitrogens with one attached hydrogen (secondary N) is 1. The number of nitrogens with zero attached hydrogens (tertiary/aromatic N) is 1. The average molecular weight is 479 g/mol. The zero-order valence-corrected chi connectivity index (χ0v) is 17.8. The van der Waals surface area contributed by atoms with Crippen molar-refractivity contribution in [1.82, 2.24) is 10.1 Å². The summed E-state index contributed by atoms with van der Waals surface area (Å²) in [6.07, 6.45) is -3.56. The van der Waals surface area contributed by atoms with Crippen LogP contribution in [0, 0.1) is 6.92 Å². The Bertz CT molecular complexity index is 1000. The minimum Gasteiger partial charge on any atom is -0.506 e. The fourth-order valence-electron chi connectivity index (χ4n) is 2.41. The van der Waals surface area contributed by atoms with E-state index in [-0.39, 0.29) is 29.2 Å². The quantitative estimate of drug-likeness (QED) is 0.374. The van der Waals surface area contributed by atoms with Gasteiger partial charge >= 0.3 is 20.1 Å². The highest BCUT2D eigenvalue weighted by Gasteiger charge is 2.33. The summed E-state index contributed by atoms with van der Waals surface area (Å²) in [6, 6.07) is 2.54. The normalized spacial score (nSPS) is 14.4. The Morgan fingerprint density at radius 2 is 1.88 bits per heavy atom. The van der Waals surface area contributed by atoms with E-state index in [2.05, 4.69) is 14.8 Å². The molecule has 0 aliphatic heterocycles. The van der Waals surface area contributed by atoms with Crippen molar-refractivity contribution in [3.63, 3.8) is 0 Å². The molecule has 32 heavy (non-hydrogen) atoms. The molecule has 0 saturated carbocycles. The second-order valence-electron chi connectivity index (χ2n) is 6.47. The number of rotatable bonds is 10. The van der Waals surface area contributed by atoms with E-state index in [0.717, 1.165) is 24.3 Å². The van der Waals surface area contributed by atoms with E-state index in [1.165, 1.54) is 13.1 Å². The summed E-state index contributed by atoms with van der Waals surface area (Å²) in [4.78, 5) is 15.1. The molecule has 1 aromatic heterocycles. The molecule has 0 fully saturated rings. The third-order valence-corrected chi connectivity index (χ3v) is 5.65. The number of ether oxygens (including phenoxy) is 1. The number of carboxylic acids is 1. The number of aliphatic carboxylic acids is 1. The molecule has 1 heterocycles. The molecule has 176 valence electrons. The number of nitrogens with two attached hydrogens (primary N) is 1. The van der Waals surface area contributed by atoms with Crippen molar-refractivity contribution in [2.75, 3.05) is 0 Å². The first kappa shape index (κ1) is 25.4. The molecule has 5 N–H and O–H groups in total. The van der Waals surface area contributed by atoms with E-state index >= 15 is 0 Å². The number of hydrogen-bond acceptors (Lipinski definition) is 8. The van der Waals surface area contributed by atoms with Crippen molar-refractivity contribution in [1.29, 1.82) is 0 Å². The monoisotopic (exact) mass is 479 g/mol. The molecule has 0 aliphatic carbocycles. The van der Waals surface area contributed by atoms with Gasteiger partial charge in [0.05, 0.1) is 12.3 Å². The number of carbonyl (C=O) groups is 1. The van der Waals surface area contributed by atoms with E-state index < -0.39 is 38.5 Å². The second-order valence-corrected chi connectivity index (χ2v) is 8.16. The molecular weight excluding hydrogens is 458 g/mol. The summed E-state index contributed by atoms with van der Waals surface area (Å²) < 4.78 is 64.4. The molecule has 1 aromatic carbocycles. The van der Waals surface area contributed by atoms with Gasteiger partial charge < -0.3 is 25.2 Å². The fraction of sp³-hybridized carbons (Fsp3) is 0.333. The number of aromatic nitrogens is 1. The van der Waals surface area contributed by atoms with Crippen LogP contribution < -0.4 is 20.1 Å². The Morgan fingerprint density at radius 1 is 1.28 bits per heavy atom. The van der Waals surface area contributed by atoms with Gasteiger partial charge in [-0.1, -0.05) is 0 Å². The minimum absolute atomic E-state index is 0.0847. The molecule has 0 radical (unpaired) electrons. The van der Waals surface area contributed by atoms with Crippen molar-refractivity contribution in [2.45, 2.75) is 39.4 Å². The van der Waals surface area contributed by atoms with Crippen LogP contribution in [0.25, 0.3) is 0 Å². The summed E-state index contributed by atoms with van der Waals surface area (Å²) in [5.41, 5.74) is 6.50. The SMILES string of the molecule is Cc1ncc(COP(=O)(NC(C)C(=O)O)Oc2ccc(OC(F)(F)F)cc2)c(CN)c1O. The molecular formula is C18H21F3N3O7P. The van der Waals surface area contributed by atoms with E-state index in [4.69, 9.17) is 19.9 Å². The predicted octanol–water partition coefficient (Wildman–Crippen LogP) is 3.22. The first-order chi connectivity index (χ1) is 14.8. The predicted molar refractivity (Wildman–Crippen MR) is 105 cm³/mol. The maximum atomic E-state index is 13.2. The summed E-state index contributed by atoms with van der Waals surface area (Å²) in [6.45, 7) is 2.22. The number of alkyl halides is 3. The van der Waals surface area contributed by atoms with Gasteiger partial charge in [0.2, 0.25) is 0 Å². The van der Waals surface area contributed by atoms with Gasteiger partial charge in [0.25, 0.3) is 0 Å². The number of pyridine rings is 1. The lowest BCUT2D eigenvalue weighted by Crippen LogP contribution is -2.33. The van der Waals surface area contributed by atoms with Gasteiger partial charge in [0.15, 0.2) is 0 Å². The summed E-state index contributed by atoms with van der Waals surface area (Å²) >= 11 is 0. The second kappa shape index (κ2) is 10.2. The Labute approximate surface area is 180 Å². The Kier molecular flexibility index (Phi) is 8.07. The van der Waals surface area contributed by atoms with Crippen LogP contribution >= 0.6 is 7.75 Å². The van der Waals surface area contributed by atoms with Crippen LogP contribution in [0.2, 0.25) is 0 Å². The van der Waals surface area contributed by atoms with Gasteiger partial charge in [-0.05, 0) is 38.1 Å². The standard InChI is InChI=1S/C18H21F3N3O7P/c1-10-16(25)15(7-22)12(8-23-10)9-29-32(28,24-11(2)17(26)27)31-14-5-3-13(4-6-14)30-18(19,20)21/h3-6,8,11,25H,7,9,22H2,1-2H3,(H,24,28)(H,26,27). The summed E-state index contributed by atoms with van der Waals surface area (Å²) in [5.74, 6) is -2.25. The Balaban J connectivity index is 2.25. The molecule has 0 aliphatic rings. The molecule has 0 bridgehead atoms. The zero-order valence-electron chi connectivity index (χ0n) is 16.9. The maximum absolute atomic E-state index is 13.2. The highest BCUT2D eigenvalue weighted by atomic mass is 31.2. The van der Waals surface area contributed by atoms with E-state index in [9.17, 15) is 27.6 Å². The van der Waals surface area contributed by atoms with Gasteiger partial charge in [0.1, 0.15) is 23.3 Å². The number of benzene rings is 1. The van der Waals surface area contributed by atoms with Crippen LogP contribution in [0.1, 0.15) is 23.7 Å². The van der Waals surface area contributed by atoms with Crippen LogP contribution in [0.15, 0.2) is 30.5 Å². The first-order valence-corrected chi connectivity index (χ1v) is 10.5. The average Bonchev–Trinajstić information content (AvgIpc) is 2.69. The molecule has 10 nitrogen and oxygen atoms in total. The van der Waals surface area contributed by atoms with Gasteiger partial charge in [-0.25, -0.2) is 4.57 Å². The molecule has 2 aromatic rings. The van der Waals surface area contributed by atoms with Crippen molar-refractivity contribution < 1.29 is 46.5 Å². The minimum atomic E-state index is -4.90. The molecule has 0 saturated heterocycles. The highest BCUT2D eigenvalue weighted by Crippen LogP contribution is 2.46. The smallest absolute Gasteiger partial charge is 0.506 e. The van der Waals surface area contributed by atoms with Crippen LogP contribution in [-0.4, -0.2) is 33.6 Å². The van der Waals surface area contributed by atoms with E-state index in [1.54, 1.807) is 6.92 Å². The molecule has 2 atom stereocenters. The number of hydrogen-bond donors (Lipinski definition) is 4. The Morgan fingerprint density at radius 3 is 2.41 bits per heavy atom. The molecule has 2 rings (SSSR count). The van der Waals surface area contributed by atoms with Crippen LogP contribution in [-0.2, 0) is 27.0 Å².